The molecule has 2 aromatic carbocycles. The van der Waals surface area contributed by atoms with Gasteiger partial charge in [0.15, 0.2) is 5.65 Å². The molecule has 4 aromatic rings. The van der Waals surface area contributed by atoms with Crippen LogP contribution in [0.3, 0.4) is 0 Å². The summed E-state index contributed by atoms with van der Waals surface area (Å²) < 4.78 is 3.87. The quantitative estimate of drug-likeness (QED) is 0.516. The maximum Gasteiger partial charge on any atom is 0.273 e. The van der Waals surface area contributed by atoms with Gasteiger partial charge in [-0.15, -0.1) is 0 Å². The zero-order chi connectivity index (χ0) is 21.5. The molecule has 0 radical (unpaired) electrons. The third kappa shape index (κ3) is 3.26. The Kier molecular flexibility index (Phi) is 4.73. The Labute approximate surface area is 180 Å². The van der Waals surface area contributed by atoms with Crippen molar-refractivity contribution < 1.29 is 4.79 Å². The summed E-state index contributed by atoms with van der Waals surface area (Å²) in [7, 11) is 0. The van der Waals surface area contributed by atoms with Gasteiger partial charge in [0.1, 0.15) is 6.04 Å². The number of hydrogen-bond acceptors (Lipinski definition) is 4. The lowest BCUT2D eigenvalue weighted by molar-refractivity contribution is -0.134. The van der Waals surface area contributed by atoms with E-state index < -0.39 is 6.04 Å². The SMILES string of the molecule is Cc1cc(=O)nc2c3ccccc3n(C(C)C(=O)N3CCN(c4ccccc4)CC3)n12. The Balaban J connectivity index is 1.47. The van der Waals surface area contributed by atoms with Gasteiger partial charge >= 0.3 is 0 Å². The van der Waals surface area contributed by atoms with Crippen molar-refractivity contribution in [3.8, 4) is 0 Å². The second kappa shape index (κ2) is 7.58. The summed E-state index contributed by atoms with van der Waals surface area (Å²) in [6, 6.07) is 19.2. The molecule has 1 atom stereocenters. The smallest absolute Gasteiger partial charge is 0.273 e. The lowest BCUT2D eigenvalue weighted by Crippen LogP contribution is -2.50. The predicted molar refractivity (Wildman–Crippen MR) is 122 cm³/mol. The standard InChI is InChI=1S/C24H25N5O2/c1-17-16-22(30)25-23-20-10-6-7-11-21(20)29(28(17)23)18(2)24(31)27-14-12-26(13-15-27)19-8-4-3-5-9-19/h3-11,16,18H,12-15H2,1-2H3. The highest BCUT2D eigenvalue weighted by Gasteiger charge is 2.28. The minimum absolute atomic E-state index is 0.0773. The van der Waals surface area contributed by atoms with Crippen molar-refractivity contribution in [2.45, 2.75) is 19.9 Å². The average molecular weight is 415 g/mol. The normalized spacial score (nSPS) is 15.5. The number of para-hydroxylation sites is 2. The van der Waals surface area contributed by atoms with Crippen molar-refractivity contribution in [3.63, 3.8) is 0 Å². The van der Waals surface area contributed by atoms with Crippen LogP contribution in [0.4, 0.5) is 5.69 Å². The van der Waals surface area contributed by atoms with E-state index in [1.165, 1.54) is 11.8 Å². The molecule has 1 saturated heterocycles. The van der Waals surface area contributed by atoms with E-state index in [2.05, 4.69) is 22.0 Å². The molecule has 0 spiro atoms. The average Bonchev–Trinajstić information content (AvgIpc) is 3.13. The minimum atomic E-state index is -0.423. The van der Waals surface area contributed by atoms with E-state index in [1.54, 1.807) is 0 Å². The number of rotatable bonds is 3. The van der Waals surface area contributed by atoms with E-state index in [1.807, 2.05) is 70.4 Å². The first kappa shape index (κ1) is 19.4. The fourth-order valence-corrected chi connectivity index (χ4v) is 4.58. The first-order chi connectivity index (χ1) is 15.0. The number of nitrogens with zero attached hydrogens (tertiary/aromatic N) is 5. The lowest BCUT2D eigenvalue weighted by atomic mass is 10.2. The number of carbonyl (C=O) groups is 1. The van der Waals surface area contributed by atoms with Crippen LogP contribution in [0.1, 0.15) is 18.7 Å². The molecular weight excluding hydrogens is 390 g/mol. The topological polar surface area (TPSA) is 62.9 Å². The molecule has 1 fully saturated rings. The molecule has 5 rings (SSSR count). The summed E-state index contributed by atoms with van der Waals surface area (Å²) in [6.07, 6.45) is 0. The molecule has 2 aromatic heterocycles. The Morgan fingerprint density at radius 3 is 2.39 bits per heavy atom. The number of amides is 1. The fourth-order valence-electron chi connectivity index (χ4n) is 4.58. The molecule has 1 aliphatic heterocycles. The van der Waals surface area contributed by atoms with E-state index in [9.17, 15) is 9.59 Å². The third-order valence-electron chi connectivity index (χ3n) is 6.13. The summed E-state index contributed by atoms with van der Waals surface area (Å²) in [5, 5.41) is 0.872. The van der Waals surface area contributed by atoms with Gasteiger partial charge in [0.05, 0.1) is 5.52 Å². The Hall–Kier alpha value is -3.61. The summed E-state index contributed by atoms with van der Waals surface area (Å²) in [5.41, 5.74) is 3.17. The van der Waals surface area contributed by atoms with Crippen molar-refractivity contribution >= 4 is 28.1 Å². The minimum Gasteiger partial charge on any atom is -0.368 e. The van der Waals surface area contributed by atoms with E-state index in [0.29, 0.717) is 18.7 Å². The number of carbonyl (C=O) groups excluding carboxylic acids is 1. The maximum absolute atomic E-state index is 13.5. The number of hydrogen-bond donors (Lipinski definition) is 0. The summed E-state index contributed by atoms with van der Waals surface area (Å²) in [5.74, 6) is 0.0773. The molecule has 1 aliphatic rings. The van der Waals surface area contributed by atoms with E-state index in [-0.39, 0.29) is 11.5 Å². The maximum atomic E-state index is 13.5. The largest absolute Gasteiger partial charge is 0.368 e. The summed E-state index contributed by atoms with van der Waals surface area (Å²) in [4.78, 5) is 34.0. The molecule has 3 heterocycles. The number of anilines is 1. The number of aryl methyl sites for hydroxylation is 1. The van der Waals surface area contributed by atoms with Gasteiger partial charge in [0, 0.05) is 49.0 Å². The summed E-state index contributed by atoms with van der Waals surface area (Å²) in [6.45, 7) is 6.78. The third-order valence-corrected chi connectivity index (χ3v) is 6.13. The van der Waals surface area contributed by atoms with Gasteiger partial charge in [-0.1, -0.05) is 30.3 Å². The van der Waals surface area contributed by atoms with E-state index in [4.69, 9.17) is 0 Å². The van der Waals surface area contributed by atoms with Gasteiger partial charge in [-0.05, 0) is 38.1 Å². The molecule has 0 aliphatic carbocycles. The molecular formula is C24H25N5O2. The second-order valence-electron chi connectivity index (χ2n) is 8.06. The van der Waals surface area contributed by atoms with Crippen LogP contribution in [-0.2, 0) is 4.79 Å². The molecule has 7 nitrogen and oxygen atoms in total. The molecule has 158 valence electrons. The molecule has 0 N–H and O–H groups in total. The van der Waals surface area contributed by atoms with Crippen LogP contribution in [0.15, 0.2) is 65.5 Å². The van der Waals surface area contributed by atoms with Gasteiger partial charge in [0.2, 0.25) is 5.91 Å². The van der Waals surface area contributed by atoms with Gasteiger partial charge in [-0.3, -0.25) is 14.3 Å². The van der Waals surface area contributed by atoms with Crippen molar-refractivity contribution in [3.05, 3.63) is 76.7 Å². The van der Waals surface area contributed by atoms with Crippen molar-refractivity contribution in [1.29, 1.82) is 0 Å². The molecule has 0 saturated carbocycles. The van der Waals surface area contributed by atoms with Gasteiger partial charge in [-0.25, -0.2) is 4.52 Å². The van der Waals surface area contributed by atoms with Crippen LogP contribution < -0.4 is 10.5 Å². The lowest BCUT2D eigenvalue weighted by Gasteiger charge is -2.37. The van der Waals surface area contributed by atoms with Crippen LogP contribution in [0, 0.1) is 6.92 Å². The monoisotopic (exact) mass is 415 g/mol. The second-order valence-corrected chi connectivity index (χ2v) is 8.06. The van der Waals surface area contributed by atoms with Crippen LogP contribution in [0.25, 0.3) is 16.6 Å². The van der Waals surface area contributed by atoms with Gasteiger partial charge < -0.3 is 9.80 Å². The van der Waals surface area contributed by atoms with Gasteiger partial charge in [0.25, 0.3) is 5.56 Å². The number of fused-ring (bicyclic) bond motifs is 3. The molecule has 1 amide bonds. The number of benzene rings is 2. The predicted octanol–water partition coefficient (Wildman–Crippen LogP) is 2.87. The molecule has 31 heavy (non-hydrogen) atoms. The van der Waals surface area contributed by atoms with Crippen LogP contribution >= 0.6 is 0 Å². The van der Waals surface area contributed by atoms with Gasteiger partial charge in [-0.2, -0.15) is 4.98 Å². The molecule has 1 unspecified atom stereocenters. The Bertz CT molecular complexity index is 1320. The van der Waals surface area contributed by atoms with E-state index >= 15 is 0 Å². The summed E-state index contributed by atoms with van der Waals surface area (Å²) >= 11 is 0. The fraction of sp³-hybridized carbons (Fsp3) is 0.292. The van der Waals surface area contributed by atoms with Crippen molar-refractivity contribution in [1.82, 2.24) is 19.1 Å². The van der Waals surface area contributed by atoms with Crippen LogP contribution in [-0.4, -0.2) is 51.2 Å². The van der Waals surface area contributed by atoms with Crippen LogP contribution in [0.2, 0.25) is 0 Å². The zero-order valence-corrected chi connectivity index (χ0v) is 17.7. The highest BCUT2D eigenvalue weighted by molar-refractivity contribution is 5.94. The van der Waals surface area contributed by atoms with Crippen LogP contribution in [0.5, 0.6) is 0 Å². The number of piperazine rings is 1. The van der Waals surface area contributed by atoms with Crippen molar-refractivity contribution in [2.75, 3.05) is 31.1 Å². The highest BCUT2D eigenvalue weighted by Crippen LogP contribution is 2.26. The Morgan fingerprint density at radius 1 is 0.968 bits per heavy atom. The molecule has 7 heteroatoms. The first-order valence-electron chi connectivity index (χ1n) is 10.6. The van der Waals surface area contributed by atoms with E-state index in [0.717, 1.165) is 29.7 Å². The highest BCUT2D eigenvalue weighted by atomic mass is 16.2. The zero-order valence-electron chi connectivity index (χ0n) is 17.7. The Morgan fingerprint density at radius 2 is 1.65 bits per heavy atom. The first-order valence-corrected chi connectivity index (χ1v) is 10.6. The number of aromatic nitrogens is 3. The van der Waals surface area contributed by atoms with Crippen molar-refractivity contribution in [2.24, 2.45) is 0 Å². The molecule has 0 bridgehead atoms.